The molecule has 19 heavy (non-hydrogen) atoms. The molecular weight excluding hydrogens is 258 g/mol. The molecule has 5 nitrogen and oxygen atoms in total. The largest absolute Gasteiger partial charge is 0.399 e. The normalized spacial score (nSPS) is 17.2. The second kappa shape index (κ2) is 8.44. The number of anilines is 1. The summed E-state index contributed by atoms with van der Waals surface area (Å²) in [5, 5.41) is 0. The van der Waals surface area contributed by atoms with Gasteiger partial charge in [0.25, 0.3) is 0 Å². The third kappa shape index (κ3) is 5.23. The van der Waals surface area contributed by atoms with Crippen LogP contribution in [0.2, 0.25) is 0 Å². The average Bonchev–Trinajstić information content (AvgIpc) is 2.45. The van der Waals surface area contributed by atoms with Crippen molar-refractivity contribution >= 4 is 18.0 Å². The highest BCUT2D eigenvalue weighted by Crippen LogP contribution is 2.12. The van der Waals surface area contributed by atoms with E-state index in [-0.39, 0.29) is 0 Å². The van der Waals surface area contributed by atoms with Crippen LogP contribution in [0, 0.1) is 10.6 Å². The van der Waals surface area contributed by atoms with E-state index in [9.17, 15) is 0 Å². The Morgan fingerprint density at radius 2 is 2.32 bits per heavy atom. The van der Waals surface area contributed by atoms with Gasteiger partial charge in [-0.15, -0.1) is 0 Å². The molecule has 104 valence electrons. The van der Waals surface area contributed by atoms with Crippen molar-refractivity contribution < 1.29 is 0 Å². The fraction of sp³-hybridized carbons (Fsp3) is 0.385. The number of hydrogen-bond donors (Lipinski definition) is 4. The number of hydrazine groups is 1. The maximum atomic E-state index is 5.65. The van der Waals surface area contributed by atoms with Crippen LogP contribution in [0.15, 0.2) is 36.3 Å². The predicted octanol–water partition coefficient (Wildman–Crippen LogP) is 2.50. The average molecular weight is 279 g/mol. The van der Waals surface area contributed by atoms with Crippen LogP contribution in [-0.4, -0.2) is 16.5 Å². The van der Waals surface area contributed by atoms with Gasteiger partial charge in [0.05, 0.1) is 0 Å². The second-order valence-corrected chi connectivity index (χ2v) is 4.24. The van der Waals surface area contributed by atoms with E-state index in [1.165, 1.54) is 0 Å². The van der Waals surface area contributed by atoms with Gasteiger partial charge in [0.15, 0.2) is 5.82 Å². The van der Waals surface area contributed by atoms with Crippen molar-refractivity contribution in [1.82, 2.24) is 15.4 Å². The first-order chi connectivity index (χ1) is 9.25. The van der Waals surface area contributed by atoms with E-state index in [4.69, 9.17) is 18.0 Å². The highest BCUT2D eigenvalue weighted by molar-refractivity contribution is 7.71. The molecule has 1 aromatic rings. The lowest BCUT2D eigenvalue weighted by molar-refractivity contribution is 0.593. The first-order valence-corrected chi connectivity index (χ1v) is 6.83. The van der Waals surface area contributed by atoms with Crippen LogP contribution >= 0.6 is 12.2 Å². The molecule has 1 aliphatic rings. The van der Waals surface area contributed by atoms with E-state index in [0.29, 0.717) is 16.4 Å². The Kier molecular flexibility index (Phi) is 6.84. The highest BCUT2D eigenvalue weighted by atomic mass is 32.1. The van der Waals surface area contributed by atoms with E-state index in [1.54, 1.807) is 12.4 Å². The number of allylic oxidation sites excluding steroid dienone is 2. The molecule has 5 N–H and O–H groups in total. The number of nitrogens with one attached hydrogen (secondary N) is 3. The fourth-order valence-corrected chi connectivity index (χ4v) is 1.71. The summed E-state index contributed by atoms with van der Waals surface area (Å²) < 4.78 is 0.586. The Morgan fingerprint density at radius 1 is 1.53 bits per heavy atom. The van der Waals surface area contributed by atoms with Gasteiger partial charge in [-0.3, -0.25) is 0 Å². The lowest BCUT2D eigenvalue weighted by atomic mass is 10.00. The smallest absolute Gasteiger partial charge is 0.175 e. The van der Waals surface area contributed by atoms with Crippen LogP contribution in [0.4, 0.5) is 5.82 Å². The molecule has 2 rings (SSSR count). The SMILES string of the molecule is CC.NC1=CCC(CNNc2ncc[nH]c2=S)C=C1. The first kappa shape index (κ1) is 15.4. The van der Waals surface area contributed by atoms with Crippen LogP contribution in [-0.2, 0) is 0 Å². The lowest BCUT2D eigenvalue weighted by Gasteiger charge is -2.15. The van der Waals surface area contributed by atoms with Crippen molar-refractivity contribution in [3.63, 3.8) is 0 Å². The molecule has 6 heteroatoms. The lowest BCUT2D eigenvalue weighted by Crippen LogP contribution is -2.28. The highest BCUT2D eigenvalue weighted by Gasteiger charge is 2.06. The predicted molar refractivity (Wildman–Crippen MR) is 81.9 cm³/mol. The summed E-state index contributed by atoms with van der Waals surface area (Å²) in [6.45, 7) is 4.80. The van der Waals surface area contributed by atoms with Gasteiger partial charge in [-0.2, -0.15) is 0 Å². The maximum absolute atomic E-state index is 5.65. The van der Waals surface area contributed by atoms with E-state index >= 15 is 0 Å². The van der Waals surface area contributed by atoms with Crippen molar-refractivity contribution in [3.05, 3.63) is 41.0 Å². The molecule has 1 aromatic heterocycles. The minimum Gasteiger partial charge on any atom is -0.399 e. The summed E-state index contributed by atoms with van der Waals surface area (Å²) in [6, 6.07) is 0. The third-order valence-corrected chi connectivity index (χ3v) is 2.81. The molecule has 0 bridgehead atoms. The van der Waals surface area contributed by atoms with Crippen molar-refractivity contribution in [2.75, 3.05) is 12.0 Å². The molecule has 1 unspecified atom stereocenters. The zero-order valence-electron chi connectivity index (χ0n) is 11.3. The van der Waals surface area contributed by atoms with Crippen LogP contribution in [0.5, 0.6) is 0 Å². The standard InChI is InChI=1S/C11H15N5S.C2H6/c12-9-3-1-8(2-4-9)7-15-16-10-11(17)14-6-5-13-10;1-2/h1,3-6,8,15H,2,7,12H2,(H,13,16)(H,14,17);1-2H3. The molecule has 1 heterocycles. The van der Waals surface area contributed by atoms with E-state index in [0.717, 1.165) is 18.7 Å². The first-order valence-electron chi connectivity index (χ1n) is 6.42. The number of nitrogens with zero attached hydrogens (tertiary/aromatic N) is 1. The van der Waals surface area contributed by atoms with Crippen LogP contribution in [0.1, 0.15) is 20.3 Å². The number of H-pyrrole nitrogens is 1. The van der Waals surface area contributed by atoms with Crippen molar-refractivity contribution in [1.29, 1.82) is 0 Å². The molecule has 0 spiro atoms. The second-order valence-electron chi connectivity index (χ2n) is 3.83. The Morgan fingerprint density at radius 3 is 2.95 bits per heavy atom. The summed E-state index contributed by atoms with van der Waals surface area (Å²) >= 11 is 5.08. The molecule has 1 atom stereocenters. The molecule has 0 aliphatic heterocycles. The minimum atomic E-state index is 0.441. The Balaban J connectivity index is 0.000000861. The third-order valence-electron chi connectivity index (χ3n) is 2.50. The van der Waals surface area contributed by atoms with Crippen molar-refractivity contribution in [2.45, 2.75) is 20.3 Å². The Labute approximate surface area is 119 Å². The zero-order chi connectivity index (χ0) is 14.1. The summed E-state index contributed by atoms with van der Waals surface area (Å²) in [4.78, 5) is 7.02. The van der Waals surface area contributed by atoms with Gasteiger partial charge in [0.2, 0.25) is 0 Å². The monoisotopic (exact) mass is 279 g/mol. The number of rotatable bonds is 4. The molecule has 0 saturated heterocycles. The topological polar surface area (TPSA) is 78.8 Å². The molecule has 1 aliphatic carbocycles. The van der Waals surface area contributed by atoms with E-state index < -0.39 is 0 Å². The van der Waals surface area contributed by atoms with Gasteiger partial charge in [-0.1, -0.05) is 38.2 Å². The van der Waals surface area contributed by atoms with Gasteiger partial charge >= 0.3 is 0 Å². The Bertz CT molecular complexity index is 492. The van der Waals surface area contributed by atoms with Gasteiger partial charge < -0.3 is 16.1 Å². The number of aromatic nitrogens is 2. The van der Waals surface area contributed by atoms with E-state index in [2.05, 4.69) is 26.9 Å². The summed E-state index contributed by atoms with van der Waals surface area (Å²) in [5.74, 6) is 1.08. The van der Waals surface area contributed by atoms with Crippen LogP contribution < -0.4 is 16.6 Å². The van der Waals surface area contributed by atoms with Gasteiger partial charge in [0.1, 0.15) is 4.64 Å². The summed E-state index contributed by atoms with van der Waals surface area (Å²) in [5.41, 5.74) is 12.6. The Hall–Kier alpha value is -1.66. The summed E-state index contributed by atoms with van der Waals surface area (Å²) in [7, 11) is 0. The van der Waals surface area contributed by atoms with E-state index in [1.807, 2.05) is 26.0 Å². The zero-order valence-corrected chi connectivity index (χ0v) is 12.1. The number of hydrogen-bond acceptors (Lipinski definition) is 5. The fourth-order valence-electron chi connectivity index (χ4n) is 1.54. The number of aromatic amines is 1. The van der Waals surface area contributed by atoms with Gasteiger partial charge in [-0.25, -0.2) is 10.4 Å². The molecule has 0 fully saturated rings. The molecule has 0 aromatic carbocycles. The minimum absolute atomic E-state index is 0.441. The number of nitrogens with two attached hydrogens (primary N) is 1. The van der Waals surface area contributed by atoms with Crippen molar-refractivity contribution in [3.8, 4) is 0 Å². The maximum Gasteiger partial charge on any atom is 0.175 e. The molecule has 0 amide bonds. The summed E-state index contributed by atoms with van der Waals surface area (Å²) in [6.07, 6.45) is 10.4. The molecule has 0 radical (unpaired) electrons. The van der Waals surface area contributed by atoms with Crippen molar-refractivity contribution in [2.24, 2.45) is 11.7 Å². The van der Waals surface area contributed by atoms with Gasteiger partial charge in [0, 0.05) is 24.6 Å². The molecular formula is C13H21N5S. The van der Waals surface area contributed by atoms with Gasteiger partial charge in [-0.05, 0) is 18.4 Å². The molecule has 0 saturated carbocycles. The van der Waals surface area contributed by atoms with Crippen LogP contribution in [0.25, 0.3) is 0 Å². The quantitative estimate of drug-likeness (QED) is 0.503. The van der Waals surface area contributed by atoms with Crippen LogP contribution in [0.3, 0.4) is 0 Å².